The van der Waals surface area contributed by atoms with E-state index in [-0.39, 0.29) is 23.9 Å². The summed E-state index contributed by atoms with van der Waals surface area (Å²) in [5.41, 5.74) is 0. The highest BCUT2D eigenvalue weighted by Gasteiger charge is 2.28. The van der Waals surface area contributed by atoms with Gasteiger partial charge in [0.25, 0.3) is 0 Å². The number of rotatable bonds is 2. The number of hydrogen-bond acceptors (Lipinski definition) is 3. The molecule has 0 aromatic heterocycles. The summed E-state index contributed by atoms with van der Waals surface area (Å²) < 4.78 is 5.53. The zero-order valence-electron chi connectivity index (χ0n) is 11.1. The third-order valence-electron chi connectivity index (χ3n) is 3.47. The van der Waals surface area contributed by atoms with E-state index in [2.05, 4.69) is 6.92 Å². The van der Waals surface area contributed by atoms with Gasteiger partial charge >= 0.3 is 5.97 Å². The number of carbonyl (C=O) groups excluding carboxylic acids is 1. The Morgan fingerprint density at radius 3 is 2.82 bits per heavy atom. The Bertz CT molecular complexity index is 273. The highest BCUT2D eigenvalue weighted by molar-refractivity contribution is 5.72. The van der Waals surface area contributed by atoms with E-state index >= 15 is 0 Å². The van der Waals surface area contributed by atoms with Crippen LogP contribution in [0.25, 0.3) is 0 Å². The van der Waals surface area contributed by atoms with Crippen LogP contribution in [0.5, 0.6) is 0 Å². The van der Waals surface area contributed by atoms with Crippen molar-refractivity contribution in [2.45, 2.75) is 58.7 Å². The quantitative estimate of drug-likeness (QED) is 0.596. The molecular formula is C14H24O3. The van der Waals surface area contributed by atoms with Crippen molar-refractivity contribution in [1.82, 2.24) is 0 Å². The first-order valence-electron chi connectivity index (χ1n) is 6.61. The van der Waals surface area contributed by atoms with Gasteiger partial charge in [-0.25, -0.2) is 0 Å². The summed E-state index contributed by atoms with van der Waals surface area (Å²) in [6.45, 7) is 5.90. The molecule has 0 amide bonds. The summed E-state index contributed by atoms with van der Waals surface area (Å²) in [4.78, 5) is 11.8. The third-order valence-corrected chi connectivity index (χ3v) is 3.47. The number of allylic oxidation sites excluding steroid dienone is 1. The zero-order valence-corrected chi connectivity index (χ0v) is 11.1. The number of carbonyl (C=O) groups is 1. The molecule has 1 N–H and O–H groups in total. The molecule has 0 unspecified atom stereocenters. The maximum Gasteiger partial charge on any atom is 0.308 e. The van der Waals surface area contributed by atoms with Crippen molar-refractivity contribution in [2.75, 3.05) is 0 Å². The van der Waals surface area contributed by atoms with Crippen molar-refractivity contribution < 1.29 is 14.6 Å². The molecule has 3 heteroatoms. The van der Waals surface area contributed by atoms with Crippen molar-refractivity contribution in [2.24, 2.45) is 11.8 Å². The number of cyclic esters (lactones) is 1. The molecule has 0 aliphatic carbocycles. The van der Waals surface area contributed by atoms with Gasteiger partial charge in [0, 0.05) is 5.92 Å². The molecule has 0 aromatic carbocycles. The second-order valence-electron chi connectivity index (χ2n) is 5.02. The number of ether oxygens (including phenoxy) is 1. The minimum Gasteiger partial charge on any atom is -0.462 e. The molecule has 0 saturated heterocycles. The van der Waals surface area contributed by atoms with Gasteiger partial charge in [0.1, 0.15) is 6.10 Å². The smallest absolute Gasteiger partial charge is 0.308 e. The van der Waals surface area contributed by atoms with E-state index in [1.807, 2.05) is 26.0 Å². The van der Waals surface area contributed by atoms with Crippen LogP contribution in [0.4, 0.5) is 0 Å². The highest BCUT2D eigenvalue weighted by Crippen LogP contribution is 2.22. The standard InChI is InChI=1S/C14H24O3/c1-4-7-13-11(3)12(15)9-6-5-8-10(2)14(16)17-13/h6,9-13,15H,4-5,7-8H2,1-3H3/b9-6+/t10-,11+,12+,13-/m1/s1. The van der Waals surface area contributed by atoms with Gasteiger partial charge in [0.15, 0.2) is 0 Å². The summed E-state index contributed by atoms with van der Waals surface area (Å²) in [5, 5.41) is 9.97. The fourth-order valence-electron chi connectivity index (χ4n) is 2.07. The van der Waals surface area contributed by atoms with Crippen molar-refractivity contribution in [3.8, 4) is 0 Å². The summed E-state index contributed by atoms with van der Waals surface area (Å²) in [5.74, 6) is -0.223. The first-order valence-corrected chi connectivity index (χ1v) is 6.61. The molecule has 0 fully saturated rings. The SMILES string of the molecule is CCC[C@H]1OC(=O)[C@H](C)CC/C=C/[C@H](O)[C@@H]1C. The van der Waals surface area contributed by atoms with Gasteiger partial charge in [-0.05, 0) is 19.3 Å². The van der Waals surface area contributed by atoms with Crippen LogP contribution in [-0.2, 0) is 9.53 Å². The third kappa shape index (κ3) is 4.15. The molecule has 17 heavy (non-hydrogen) atoms. The monoisotopic (exact) mass is 240 g/mol. The average Bonchev–Trinajstić information content (AvgIpc) is 2.31. The fourth-order valence-corrected chi connectivity index (χ4v) is 2.07. The average molecular weight is 240 g/mol. The highest BCUT2D eigenvalue weighted by atomic mass is 16.5. The number of aliphatic hydroxyl groups excluding tert-OH is 1. The van der Waals surface area contributed by atoms with Crippen molar-refractivity contribution in [3.63, 3.8) is 0 Å². The first-order chi connectivity index (χ1) is 8.06. The molecule has 98 valence electrons. The molecule has 0 spiro atoms. The normalized spacial score (nSPS) is 37.3. The minimum atomic E-state index is -0.521. The van der Waals surface area contributed by atoms with Crippen LogP contribution in [-0.4, -0.2) is 23.3 Å². The Balaban J connectivity index is 2.80. The van der Waals surface area contributed by atoms with Crippen LogP contribution in [0.2, 0.25) is 0 Å². The van der Waals surface area contributed by atoms with E-state index in [9.17, 15) is 9.90 Å². The predicted octanol–water partition coefficient (Wildman–Crippen LogP) is 2.68. The summed E-state index contributed by atoms with van der Waals surface area (Å²) in [7, 11) is 0. The lowest BCUT2D eigenvalue weighted by Crippen LogP contribution is -2.34. The summed E-state index contributed by atoms with van der Waals surface area (Å²) >= 11 is 0. The van der Waals surface area contributed by atoms with Crippen LogP contribution in [0.1, 0.15) is 46.5 Å². The topological polar surface area (TPSA) is 46.5 Å². The molecule has 0 radical (unpaired) electrons. The maximum absolute atomic E-state index is 11.8. The largest absolute Gasteiger partial charge is 0.462 e. The first kappa shape index (κ1) is 14.2. The van der Waals surface area contributed by atoms with Crippen LogP contribution in [0, 0.1) is 11.8 Å². The maximum atomic E-state index is 11.8. The molecule has 1 aliphatic heterocycles. The van der Waals surface area contributed by atoms with Crippen molar-refractivity contribution in [3.05, 3.63) is 12.2 Å². The zero-order chi connectivity index (χ0) is 12.8. The van der Waals surface area contributed by atoms with Gasteiger partial charge in [-0.1, -0.05) is 39.3 Å². The van der Waals surface area contributed by atoms with E-state index in [1.54, 1.807) is 0 Å². The second-order valence-corrected chi connectivity index (χ2v) is 5.02. The number of aliphatic hydroxyl groups is 1. The Morgan fingerprint density at radius 2 is 2.18 bits per heavy atom. The molecule has 3 nitrogen and oxygen atoms in total. The molecule has 4 atom stereocenters. The van der Waals surface area contributed by atoms with Crippen LogP contribution in [0.3, 0.4) is 0 Å². The van der Waals surface area contributed by atoms with Gasteiger partial charge < -0.3 is 9.84 Å². The second kappa shape index (κ2) is 6.80. The lowest BCUT2D eigenvalue weighted by molar-refractivity contribution is -0.158. The molecule has 0 aromatic rings. The molecule has 0 bridgehead atoms. The van der Waals surface area contributed by atoms with Crippen LogP contribution in [0.15, 0.2) is 12.2 Å². The molecule has 1 aliphatic rings. The Labute approximate surface area is 104 Å². The van der Waals surface area contributed by atoms with E-state index in [1.165, 1.54) is 0 Å². The van der Waals surface area contributed by atoms with Crippen molar-refractivity contribution in [1.29, 1.82) is 0 Å². The lowest BCUT2D eigenvalue weighted by Gasteiger charge is -2.28. The fraction of sp³-hybridized carbons (Fsp3) is 0.786. The Hall–Kier alpha value is -0.830. The van der Waals surface area contributed by atoms with E-state index in [0.29, 0.717) is 0 Å². The van der Waals surface area contributed by atoms with Crippen LogP contribution < -0.4 is 0 Å². The van der Waals surface area contributed by atoms with E-state index < -0.39 is 6.10 Å². The lowest BCUT2D eigenvalue weighted by atomic mass is 9.93. The minimum absolute atomic E-state index is 0.0413. The number of hydrogen-bond donors (Lipinski definition) is 1. The predicted molar refractivity (Wildman–Crippen MR) is 67.5 cm³/mol. The van der Waals surface area contributed by atoms with Gasteiger partial charge in [0.2, 0.25) is 0 Å². The molecule has 1 rings (SSSR count). The Morgan fingerprint density at radius 1 is 1.47 bits per heavy atom. The van der Waals surface area contributed by atoms with Gasteiger partial charge in [-0.3, -0.25) is 4.79 Å². The van der Waals surface area contributed by atoms with Gasteiger partial charge in [-0.15, -0.1) is 0 Å². The van der Waals surface area contributed by atoms with Crippen LogP contribution >= 0.6 is 0 Å². The molecule has 0 saturated carbocycles. The van der Waals surface area contributed by atoms with Crippen molar-refractivity contribution >= 4 is 5.97 Å². The Kier molecular flexibility index (Phi) is 5.69. The van der Waals surface area contributed by atoms with E-state index in [4.69, 9.17) is 4.74 Å². The van der Waals surface area contributed by atoms with Gasteiger partial charge in [0.05, 0.1) is 12.0 Å². The van der Waals surface area contributed by atoms with E-state index in [0.717, 1.165) is 25.7 Å². The molecular weight excluding hydrogens is 216 g/mol. The summed E-state index contributed by atoms with van der Waals surface area (Å²) in [6, 6.07) is 0. The molecule has 1 heterocycles. The van der Waals surface area contributed by atoms with Gasteiger partial charge in [-0.2, -0.15) is 0 Å². The number of esters is 1. The summed E-state index contributed by atoms with van der Waals surface area (Å²) in [6.07, 6.45) is 6.48.